The van der Waals surface area contributed by atoms with Gasteiger partial charge in [0, 0.05) is 12.7 Å². The fraction of sp³-hybridized carbons (Fsp3) is 0.375. The lowest BCUT2D eigenvalue weighted by molar-refractivity contribution is 0.0623. The first-order valence-electron chi connectivity index (χ1n) is 3.71. The second-order valence-corrected chi connectivity index (χ2v) is 3.81. The van der Waals surface area contributed by atoms with Crippen LogP contribution in [0.15, 0.2) is 12.3 Å². The molecule has 1 rings (SSSR count). The van der Waals surface area contributed by atoms with Gasteiger partial charge in [-0.2, -0.15) is 0 Å². The summed E-state index contributed by atoms with van der Waals surface area (Å²) in [5.41, 5.74) is 4.51. The van der Waals surface area contributed by atoms with Gasteiger partial charge in [0.25, 0.3) is 0 Å². The number of nitrogens with zero attached hydrogens (tertiary/aromatic N) is 1. The summed E-state index contributed by atoms with van der Waals surface area (Å²) in [6.45, 7) is 1.61. The van der Waals surface area contributed by atoms with Gasteiger partial charge in [-0.25, -0.2) is 0 Å². The molecule has 0 saturated heterocycles. The summed E-state index contributed by atoms with van der Waals surface area (Å²) in [5.74, 6) is 0. The molecule has 1 unspecified atom stereocenters. The fourth-order valence-electron chi connectivity index (χ4n) is 0.908. The van der Waals surface area contributed by atoms with Crippen LogP contribution in [-0.4, -0.2) is 16.6 Å². The van der Waals surface area contributed by atoms with E-state index in [1.165, 1.54) is 12.3 Å². The maximum absolute atomic E-state index is 9.75. The predicted molar refractivity (Wildman–Crippen MR) is 52.9 cm³/mol. The van der Waals surface area contributed by atoms with E-state index in [9.17, 15) is 5.11 Å². The van der Waals surface area contributed by atoms with Crippen molar-refractivity contribution >= 4 is 23.2 Å². The molecule has 0 aliphatic carbocycles. The molecule has 0 radical (unpaired) electrons. The molecular weight excluding hydrogens is 211 g/mol. The molecule has 72 valence electrons. The van der Waals surface area contributed by atoms with Crippen molar-refractivity contribution in [2.75, 3.05) is 6.54 Å². The molecule has 1 atom stereocenters. The summed E-state index contributed by atoms with van der Waals surface area (Å²) < 4.78 is 0. The lowest BCUT2D eigenvalue weighted by Crippen LogP contribution is -2.32. The van der Waals surface area contributed by atoms with Gasteiger partial charge in [-0.3, -0.25) is 4.98 Å². The molecule has 1 aromatic rings. The number of pyridine rings is 1. The standard InChI is InChI=1S/C8H10Cl2N2O/c1-8(13,4-11)7-6(10)2-5(9)3-12-7/h2-3,13H,4,11H2,1H3. The largest absolute Gasteiger partial charge is 0.382 e. The maximum Gasteiger partial charge on any atom is 0.117 e. The summed E-state index contributed by atoms with van der Waals surface area (Å²) in [6.07, 6.45) is 1.42. The Balaban J connectivity index is 3.16. The summed E-state index contributed by atoms with van der Waals surface area (Å²) in [7, 11) is 0. The van der Waals surface area contributed by atoms with E-state index < -0.39 is 5.60 Å². The number of nitrogens with two attached hydrogens (primary N) is 1. The highest BCUT2D eigenvalue weighted by atomic mass is 35.5. The van der Waals surface area contributed by atoms with Gasteiger partial charge in [-0.15, -0.1) is 0 Å². The first-order valence-corrected chi connectivity index (χ1v) is 4.47. The Morgan fingerprint density at radius 1 is 1.62 bits per heavy atom. The minimum Gasteiger partial charge on any atom is -0.382 e. The molecular formula is C8H10Cl2N2O. The van der Waals surface area contributed by atoms with Crippen molar-refractivity contribution in [3.05, 3.63) is 28.0 Å². The van der Waals surface area contributed by atoms with Crippen LogP contribution in [0.3, 0.4) is 0 Å². The number of rotatable bonds is 2. The number of halogens is 2. The maximum atomic E-state index is 9.75. The van der Waals surface area contributed by atoms with Gasteiger partial charge in [0.05, 0.1) is 15.7 Å². The minimum absolute atomic E-state index is 0.0569. The third kappa shape index (κ3) is 2.31. The Morgan fingerprint density at radius 2 is 2.23 bits per heavy atom. The summed E-state index contributed by atoms with van der Waals surface area (Å²) in [6, 6.07) is 1.52. The van der Waals surface area contributed by atoms with Gasteiger partial charge in [0.2, 0.25) is 0 Å². The smallest absolute Gasteiger partial charge is 0.117 e. The van der Waals surface area contributed by atoms with Crippen LogP contribution in [0.2, 0.25) is 10.0 Å². The van der Waals surface area contributed by atoms with Gasteiger partial charge in [0.1, 0.15) is 5.60 Å². The van der Waals surface area contributed by atoms with Crippen LogP contribution in [0.5, 0.6) is 0 Å². The molecule has 5 heteroatoms. The zero-order chi connectivity index (χ0) is 10.1. The van der Waals surface area contributed by atoms with Gasteiger partial charge >= 0.3 is 0 Å². The quantitative estimate of drug-likeness (QED) is 0.796. The van der Waals surface area contributed by atoms with E-state index in [2.05, 4.69) is 4.98 Å². The van der Waals surface area contributed by atoms with Crippen molar-refractivity contribution in [1.82, 2.24) is 4.98 Å². The van der Waals surface area contributed by atoms with E-state index in [1.807, 2.05) is 0 Å². The first-order chi connectivity index (χ1) is 5.97. The second-order valence-electron chi connectivity index (χ2n) is 2.96. The highest BCUT2D eigenvalue weighted by Crippen LogP contribution is 2.26. The van der Waals surface area contributed by atoms with E-state index >= 15 is 0 Å². The molecule has 0 aliphatic heterocycles. The molecule has 0 amide bonds. The van der Waals surface area contributed by atoms with Gasteiger partial charge in [-0.1, -0.05) is 23.2 Å². The number of hydrogen-bond donors (Lipinski definition) is 2. The Labute approximate surface area is 86.5 Å². The van der Waals surface area contributed by atoms with Crippen molar-refractivity contribution in [2.45, 2.75) is 12.5 Å². The molecule has 0 bridgehead atoms. The minimum atomic E-state index is -1.21. The van der Waals surface area contributed by atoms with E-state index in [0.29, 0.717) is 15.7 Å². The zero-order valence-corrected chi connectivity index (χ0v) is 8.60. The Morgan fingerprint density at radius 3 is 2.69 bits per heavy atom. The third-order valence-corrected chi connectivity index (χ3v) is 2.21. The van der Waals surface area contributed by atoms with Gasteiger partial charge < -0.3 is 10.8 Å². The predicted octanol–water partition coefficient (Wildman–Crippen LogP) is 1.55. The second kappa shape index (κ2) is 3.80. The Hall–Kier alpha value is -0.350. The average molecular weight is 221 g/mol. The molecule has 1 aromatic heterocycles. The average Bonchev–Trinajstić information content (AvgIpc) is 2.03. The molecule has 0 aliphatic rings. The van der Waals surface area contributed by atoms with Crippen molar-refractivity contribution < 1.29 is 5.11 Å². The molecule has 1 heterocycles. The van der Waals surface area contributed by atoms with Crippen LogP contribution < -0.4 is 5.73 Å². The number of hydrogen-bond acceptors (Lipinski definition) is 3. The first kappa shape index (κ1) is 10.7. The summed E-state index contributed by atoms with van der Waals surface area (Å²) in [4.78, 5) is 3.93. The van der Waals surface area contributed by atoms with E-state index in [1.54, 1.807) is 6.92 Å². The molecule has 0 aromatic carbocycles. The van der Waals surface area contributed by atoms with Crippen LogP contribution in [0.25, 0.3) is 0 Å². The lowest BCUT2D eigenvalue weighted by Gasteiger charge is -2.21. The van der Waals surface area contributed by atoms with Gasteiger partial charge in [0.15, 0.2) is 0 Å². The van der Waals surface area contributed by atoms with E-state index in [4.69, 9.17) is 28.9 Å². The van der Waals surface area contributed by atoms with Crippen LogP contribution in [-0.2, 0) is 5.60 Å². The summed E-state index contributed by atoms with van der Waals surface area (Å²) >= 11 is 11.5. The molecule has 13 heavy (non-hydrogen) atoms. The highest BCUT2D eigenvalue weighted by molar-refractivity contribution is 6.34. The van der Waals surface area contributed by atoms with Crippen LogP contribution in [0, 0.1) is 0 Å². The van der Waals surface area contributed by atoms with Crippen LogP contribution in [0.4, 0.5) is 0 Å². The molecule has 0 saturated carbocycles. The Bertz CT molecular complexity index is 315. The lowest BCUT2D eigenvalue weighted by atomic mass is 10.0. The monoisotopic (exact) mass is 220 g/mol. The normalized spacial score (nSPS) is 15.5. The molecule has 3 N–H and O–H groups in total. The number of aromatic nitrogens is 1. The van der Waals surface area contributed by atoms with E-state index in [0.717, 1.165) is 0 Å². The number of aliphatic hydroxyl groups is 1. The van der Waals surface area contributed by atoms with Crippen molar-refractivity contribution in [3.8, 4) is 0 Å². The molecule has 0 fully saturated rings. The third-order valence-electron chi connectivity index (χ3n) is 1.72. The van der Waals surface area contributed by atoms with Crippen LogP contribution in [0.1, 0.15) is 12.6 Å². The topological polar surface area (TPSA) is 59.1 Å². The fourth-order valence-corrected chi connectivity index (χ4v) is 1.49. The van der Waals surface area contributed by atoms with E-state index in [-0.39, 0.29) is 6.54 Å². The zero-order valence-electron chi connectivity index (χ0n) is 7.09. The van der Waals surface area contributed by atoms with Crippen molar-refractivity contribution in [2.24, 2.45) is 5.73 Å². The molecule has 3 nitrogen and oxygen atoms in total. The van der Waals surface area contributed by atoms with Crippen LogP contribution >= 0.6 is 23.2 Å². The van der Waals surface area contributed by atoms with Gasteiger partial charge in [-0.05, 0) is 13.0 Å². The van der Waals surface area contributed by atoms with Crippen molar-refractivity contribution in [3.63, 3.8) is 0 Å². The highest BCUT2D eigenvalue weighted by Gasteiger charge is 2.25. The summed E-state index contributed by atoms with van der Waals surface area (Å²) in [5, 5.41) is 10.5. The Kier molecular flexibility index (Phi) is 3.14. The molecule has 0 spiro atoms. The van der Waals surface area contributed by atoms with Crippen molar-refractivity contribution in [1.29, 1.82) is 0 Å². The SMILES string of the molecule is CC(O)(CN)c1ncc(Cl)cc1Cl.